The Morgan fingerprint density at radius 2 is 1.82 bits per heavy atom. The summed E-state index contributed by atoms with van der Waals surface area (Å²) in [7, 11) is 0. The van der Waals surface area contributed by atoms with Gasteiger partial charge in [-0.3, -0.25) is 0 Å². The zero-order chi connectivity index (χ0) is 8.43. The Bertz CT molecular complexity index is 120. The summed E-state index contributed by atoms with van der Waals surface area (Å²) in [5.41, 5.74) is 0. The van der Waals surface area contributed by atoms with Crippen LogP contribution in [-0.4, -0.2) is 12.1 Å². The van der Waals surface area contributed by atoms with Crippen molar-refractivity contribution in [3.8, 4) is 0 Å². The number of rotatable bonds is 3. The van der Waals surface area contributed by atoms with Crippen LogP contribution in [0.4, 0.5) is 0 Å². The van der Waals surface area contributed by atoms with Crippen LogP contribution < -0.4 is 5.32 Å². The predicted molar refractivity (Wildman–Crippen MR) is 49.6 cm³/mol. The summed E-state index contributed by atoms with van der Waals surface area (Å²) in [6, 6.07) is 1.36. The Morgan fingerprint density at radius 1 is 1.18 bits per heavy atom. The minimum Gasteiger partial charge on any atom is -0.312 e. The second-order valence-corrected chi connectivity index (χ2v) is 4.33. The topological polar surface area (TPSA) is 12.0 Å². The van der Waals surface area contributed by atoms with Crippen molar-refractivity contribution in [2.45, 2.75) is 52.6 Å². The molecule has 11 heavy (non-hydrogen) atoms. The van der Waals surface area contributed by atoms with Gasteiger partial charge in [0.15, 0.2) is 0 Å². The van der Waals surface area contributed by atoms with Crippen molar-refractivity contribution in [3.05, 3.63) is 0 Å². The van der Waals surface area contributed by atoms with E-state index in [2.05, 4.69) is 33.0 Å². The molecular weight excluding hydrogens is 134 g/mol. The minimum atomic E-state index is 0.637. The van der Waals surface area contributed by atoms with Crippen LogP contribution in [0, 0.1) is 11.8 Å². The van der Waals surface area contributed by atoms with Gasteiger partial charge in [0.05, 0.1) is 0 Å². The summed E-state index contributed by atoms with van der Waals surface area (Å²) < 4.78 is 0. The van der Waals surface area contributed by atoms with Gasteiger partial charge in [0.25, 0.3) is 0 Å². The van der Waals surface area contributed by atoms with Gasteiger partial charge in [-0.15, -0.1) is 0 Å². The maximum Gasteiger partial charge on any atom is 0.00719 e. The summed E-state index contributed by atoms with van der Waals surface area (Å²) in [6.07, 6.45) is 2.87. The van der Waals surface area contributed by atoms with Crippen LogP contribution in [0.3, 0.4) is 0 Å². The van der Waals surface area contributed by atoms with Gasteiger partial charge < -0.3 is 5.32 Å². The van der Waals surface area contributed by atoms with Crippen molar-refractivity contribution in [1.82, 2.24) is 5.32 Å². The van der Waals surface area contributed by atoms with Gasteiger partial charge in [-0.1, -0.05) is 27.2 Å². The van der Waals surface area contributed by atoms with Crippen molar-refractivity contribution in [1.29, 1.82) is 0 Å². The van der Waals surface area contributed by atoms with Gasteiger partial charge in [-0.05, 0) is 25.2 Å². The molecule has 0 aromatic rings. The second-order valence-electron chi connectivity index (χ2n) is 4.33. The van der Waals surface area contributed by atoms with Crippen LogP contribution in [0.5, 0.6) is 0 Å². The van der Waals surface area contributed by atoms with Gasteiger partial charge in [-0.25, -0.2) is 0 Å². The fourth-order valence-electron chi connectivity index (χ4n) is 2.08. The van der Waals surface area contributed by atoms with E-state index in [9.17, 15) is 0 Å². The molecule has 0 amide bonds. The summed E-state index contributed by atoms with van der Waals surface area (Å²) in [5, 5.41) is 3.58. The highest BCUT2D eigenvalue weighted by Gasteiger charge is 2.31. The van der Waals surface area contributed by atoms with E-state index < -0.39 is 0 Å². The van der Waals surface area contributed by atoms with Gasteiger partial charge in [0, 0.05) is 12.1 Å². The van der Waals surface area contributed by atoms with E-state index >= 15 is 0 Å². The lowest BCUT2D eigenvalue weighted by molar-refractivity contribution is 0.143. The lowest BCUT2D eigenvalue weighted by Gasteiger charge is -2.39. The molecule has 66 valence electrons. The molecule has 1 aliphatic carbocycles. The average molecular weight is 155 g/mol. The molecule has 1 rings (SSSR count). The molecule has 1 nitrogen and oxygen atoms in total. The molecule has 0 aromatic heterocycles. The first-order valence-electron chi connectivity index (χ1n) is 4.87. The Morgan fingerprint density at radius 3 is 2.09 bits per heavy atom. The van der Waals surface area contributed by atoms with E-state index in [1.807, 2.05) is 0 Å². The monoisotopic (exact) mass is 155 g/mol. The predicted octanol–water partition coefficient (Wildman–Crippen LogP) is 2.42. The highest BCUT2D eigenvalue weighted by Crippen LogP contribution is 2.36. The number of hydrogen-bond donors (Lipinski definition) is 1. The smallest absolute Gasteiger partial charge is 0.00719 e. The molecule has 0 bridgehead atoms. The van der Waals surface area contributed by atoms with Crippen LogP contribution in [0.15, 0.2) is 0 Å². The molecule has 1 heteroatoms. The lowest BCUT2D eigenvalue weighted by atomic mass is 9.71. The molecule has 0 radical (unpaired) electrons. The van der Waals surface area contributed by atoms with E-state index in [0.29, 0.717) is 6.04 Å². The van der Waals surface area contributed by atoms with Crippen LogP contribution in [-0.2, 0) is 0 Å². The molecule has 0 heterocycles. The van der Waals surface area contributed by atoms with E-state index in [-0.39, 0.29) is 0 Å². The Balaban J connectivity index is 2.24. The van der Waals surface area contributed by atoms with Crippen LogP contribution >= 0.6 is 0 Å². The summed E-state index contributed by atoms with van der Waals surface area (Å²) >= 11 is 0. The molecule has 0 aliphatic heterocycles. The van der Waals surface area contributed by atoms with Gasteiger partial charge in [0.2, 0.25) is 0 Å². The maximum absolute atomic E-state index is 3.58. The quantitative estimate of drug-likeness (QED) is 0.660. The standard InChI is InChI=1S/C10H21N/c1-7(2)11-9(4)10-6-5-8(10)3/h7-11H,5-6H2,1-4H3/t8-,9-,10+/m1/s1. The molecule has 1 fully saturated rings. The summed E-state index contributed by atoms with van der Waals surface area (Å²) in [6.45, 7) is 9.13. The zero-order valence-corrected chi connectivity index (χ0v) is 8.22. The SMILES string of the molecule is CC(C)N[C@H](C)[C@H]1CC[C@H]1C. The Labute approximate surface area is 70.6 Å². The molecule has 1 N–H and O–H groups in total. The van der Waals surface area contributed by atoms with Gasteiger partial charge in [-0.2, -0.15) is 0 Å². The van der Waals surface area contributed by atoms with Gasteiger partial charge >= 0.3 is 0 Å². The van der Waals surface area contributed by atoms with E-state index in [1.165, 1.54) is 12.8 Å². The molecule has 0 aromatic carbocycles. The largest absolute Gasteiger partial charge is 0.312 e. The first-order valence-corrected chi connectivity index (χ1v) is 4.87. The van der Waals surface area contributed by atoms with Crippen molar-refractivity contribution < 1.29 is 0 Å². The van der Waals surface area contributed by atoms with E-state index in [1.54, 1.807) is 0 Å². The van der Waals surface area contributed by atoms with Crippen molar-refractivity contribution in [2.24, 2.45) is 11.8 Å². The Kier molecular flexibility index (Phi) is 2.94. The molecule has 1 saturated carbocycles. The van der Waals surface area contributed by atoms with Crippen molar-refractivity contribution >= 4 is 0 Å². The lowest BCUT2D eigenvalue weighted by Crippen LogP contribution is -2.44. The fourth-order valence-corrected chi connectivity index (χ4v) is 2.08. The summed E-state index contributed by atoms with van der Waals surface area (Å²) in [5.74, 6) is 1.90. The molecule has 0 unspecified atom stereocenters. The summed E-state index contributed by atoms with van der Waals surface area (Å²) in [4.78, 5) is 0. The third kappa shape index (κ3) is 2.19. The maximum atomic E-state index is 3.58. The third-order valence-corrected chi connectivity index (χ3v) is 2.92. The van der Waals surface area contributed by atoms with E-state index in [0.717, 1.165) is 17.9 Å². The van der Waals surface area contributed by atoms with Crippen molar-refractivity contribution in [2.75, 3.05) is 0 Å². The number of hydrogen-bond acceptors (Lipinski definition) is 1. The number of nitrogens with one attached hydrogen (secondary N) is 1. The Hall–Kier alpha value is -0.0400. The molecule has 0 spiro atoms. The second kappa shape index (κ2) is 3.57. The highest BCUT2D eigenvalue weighted by atomic mass is 14.9. The average Bonchev–Trinajstić information content (AvgIpc) is 1.82. The van der Waals surface area contributed by atoms with Crippen LogP contribution in [0.2, 0.25) is 0 Å². The molecule has 3 atom stereocenters. The first kappa shape index (κ1) is 9.05. The van der Waals surface area contributed by atoms with E-state index in [4.69, 9.17) is 0 Å². The highest BCUT2D eigenvalue weighted by molar-refractivity contribution is 4.85. The zero-order valence-electron chi connectivity index (χ0n) is 8.22. The van der Waals surface area contributed by atoms with Gasteiger partial charge in [0.1, 0.15) is 0 Å². The van der Waals surface area contributed by atoms with Crippen molar-refractivity contribution in [3.63, 3.8) is 0 Å². The third-order valence-electron chi connectivity index (χ3n) is 2.92. The first-order chi connectivity index (χ1) is 5.11. The molecule has 1 aliphatic rings. The molecule has 0 saturated heterocycles. The molecular formula is C10H21N. The minimum absolute atomic E-state index is 0.637. The van der Waals surface area contributed by atoms with Crippen LogP contribution in [0.1, 0.15) is 40.5 Å². The normalized spacial score (nSPS) is 33.5. The van der Waals surface area contributed by atoms with Crippen LogP contribution in [0.25, 0.3) is 0 Å². The fraction of sp³-hybridized carbons (Fsp3) is 1.00.